The van der Waals surface area contributed by atoms with Crippen LogP contribution in [0.1, 0.15) is 30.0 Å². The van der Waals surface area contributed by atoms with Crippen molar-refractivity contribution in [1.29, 1.82) is 0 Å². The lowest BCUT2D eigenvalue weighted by Gasteiger charge is -2.21. The first kappa shape index (κ1) is 16.3. The summed E-state index contributed by atoms with van der Waals surface area (Å²) < 4.78 is 5.89. The van der Waals surface area contributed by atoms with E-state index in [0.29, 0.717) is 11.8 Å². The number of pyridine rings is 1. The highest BCUT2D eigenvalue weighted by Gasteiger charge is 2.19. The van der Waals surface area contributed by atoms with E-state index in [1.54, 1.807) is 0 Å². The lowest BCUT2D eigenvalue weighted by Crippen LogP contribution is -2.25. The Bertz CT molecular complexity index is 785. The molecule has 0 bridgehead atoms. The topological polar surface area (TPSA) is 55.1 Å². The van der Waals surface area contributed by atoms with Gasteiger partial charge in [-0.2, -0.15) is 0 Å². The molecule has 5 nitrogen and oxygen atoms in total. The Morgan fingerprint density at radius 1 is 1.12 bits per heavy atom. The first-order valence-electron chi connectivity index (χ1n) is 8.13. The van der Waals surface area contributed by atoms with Gasteiger partial charge in [0.05, 0.1) is 6.04 Å². The summed E-state index contributed by atoms with van der Waals surface area (Å²) in [6.07, 6.45) is 4.61. The van der Waals surface area contributed by atoms with Crippen LogP contribution in [-0.4, -0.2) is 33.7 Å². The fourth-order valence-corrected chi connectivity index (χ4v) is 2.54. The molecule has 3 rings (SSSR count). The summed E-state index contributed by atoms with van der Waals surface area (Å²) in [6.45, 7) is 5.05. The Morgan fingerprint density at radius 2 is 1.92 bits per heavy atom. The summed E-state index contributed by atoms with van der Waals surface area (Å²) in [5.74, 6) is 1.21. The molecule has 0 saturated heterocycles. The van der Waals surface area contributed by atoms with E-state index in [0.717, 1.165) is 18.5 Å². The third kappa shape index (κ3) is 3.86. The van der Waals surface area contributed by atoms with Gasteiger partial charge in [0.25, 0.3) is 0 Å². The summed E-state index contributed by atoms with van der Waals surface area (Å²) in [5, 5.41) is 8.43. The molecule has 0 aliphatic rings. The van der Waals surface area contributed by atoms with E-state index in [4.69, 9.17) is 4.42 Å². The number of hydrogen-bond acceptors (Lipinski definition) is 5. The molecule has 0 aliphatic heterocycles. The van der Waals surface area contributed by atoms with E-state index >= 15 is 0 Å². The van der Waals surface area contributed by atoms with Crippen LogP contribution in [0.4, 0.5) is 0 Å². The molecule has 24 heavy (non-hydrogen) atoms. The zero-order valence-electron chi connectivity index (χ0n) is 14.3. The molecule has 2 heterocycles. The van der Waals surface area contributed by atoms with E-state index in [1.807, 2.05) is 36.7 Å². The Balaban J connectivity index is 1.65. The number of aromatic nitrogens is 3. The highest BCUT2D eigenvalue weighted by Crippen LogP contribution is 2.23. The quantitative estimate of drug-likeness (QED) is 0.693. The van der Waals surface area contributed by atoms with Crippen LogP contribution in [0, 0.1) is 6.92 Å². The van der Waals surface area contributed by atoms with Gasteiger partial charge in [0, 0.05) is 24.5 Å². The molecule has 1 aromatic carbocycles. The number of nitrogens with zero attached hydrogens (tertiary/aromatic N) is 4. The normalized spacial score (nSPS) is 12.5. The van der Waals surface area contributed by atoms with E-state index < -0.39 is 0 Å². The van der Waals surface area contributed by atoms with Gasteiger partial charge >= 0.3 is 0 Å². The van der Waals surface area contributed by atoms with Crippen LogP contribution in [0.3, 0.4) is 0 Å². The summed E-state index contributed by atoms with van der Waals surface area (Å²) in [5.41, 5.74) is 3.41. The molecule has 0 spiro atoms. The van der Waals surface area contributed by atoms with Gasteiger partial charge in [0.1, 0.15) is 0 Å². The maximum absolute atomic E-state index is 5.89. The van der Waals surface area contributed by atoms with Crippen LogP contribution >= 0.6 is 0 Å². The summed E-state index contributed by atoms with van der Waals surface area (Å²) in [7, 11) is 2.07. The van der Waals surface area contributed by atoms with E-state index in [9.17, 15) is 0 Å². The molecule has 0 aliphatic carbocycles. The minimum Gasteiger partial charge on any atom is -0.419 e. The van der Waals surface area contributed by atoms with Crippen molar-refractivity contribution in [3.8, 4) is 11.5 Å². The van der Waals surface area contributed by atoms with Crippen LogP contribution in [0.5, 0.6) is 0 Å². The first-order valence-corrected chi connectivity index (χ1v) is 8.13. The van der Waals surface area contributed by atoms with Crippen LogP contribution in [0.15, 0.2) is 53.2 Å². The summed E-state index contributed by atoms with van der Waals surface area (Å²) >= 11 is 0. The van der Waals surface area contributed by atoms with Crippen LogP contribution in [0.2, 0.25) is 0 Å². The largest absolute Gasteiger partial charge is 0.419 e. The molecule has 124 valence electrons. The van der Waals surface area contributed by atoms with Crippen molar-refractivity contribution in [2.24, 2.45) is 0 Å². The summed E-state index contributed by atoms with van der Waals surface area (Å²) in [6, 6.07) is 12.2. The third-order valence-electron chi connectivity index (χ3n) is 4.23. The van der Waals surface area contributed by atoms with E-state index in [2.05, 4.69) is 53.1 Å². The van der Waals surface area contributed by atoms with Gasteiger partial charge in [-0.15, -0.1) is 10.2 Å². The predicted octanol–water partition coefficient (Wildman–Crippen LogP) is 3.68. The predicted molar refractivity (Wildman–Crippen MR) is 93.5 cm³/mol. The second-order valence-corrected chi connectivity index (χ2v) is 6.08. The average molecular weight is 322 g/mol. The molecule has 5 heteroatoms. The number of benzene rings is 1. The minimum absolute atomic E-state index is 0.0675. The van der Waals surface area contributed by atoms with Crippen molar-refractivity contribution in [1.82, 2.24) is 20.1 Å². The molecular formula is C19H22N4O. The highest BCUT2D eigenvalue weighted by atomic mass is 16.4. The molecule has 0 saturated carbocycles. The number of likely N-dealkylation sites (N-methyl/N-ethyl adjacent to an activating group) is 1. The molecule has 0 fully saturated rings. The maximum Gasteiger partial charge on any atom is 0.247 e. The Kier molecular flexibility index (Phi) is 5.01. The molecule has 1 atom stereocenters. The fraction of sp³-hybridized carbons (Fsp3) is 0.316. The number of hydrogen-bond donors (Lipinski definition) is 0. The van der Waals surface area contributed by atoms with Crippen molar-refractivity contribution in [3.05, 3.63) is 65.8 Å². The number of rotatable bonds is 6. The number of aryl methyl sites for hydroxylation is 1. The Morgan fingerprint density at radius 3 is 2.67 bits per heavy atom. The molecular weight excluding hydrogens is 300 g/mol. The van der Waals surface area contributed by atoms with Gasteiger partial charge in [0.2, 0.25) is 11.8 Å². The minimum atomic E-state index is 0.0675. The van der Waals surface area contributed by atoms with Crippen LogP contribution in [-0.2, 0) is 6.42 Å². The zero-order chi connectivity index (χ0) is 16.9. The van der Waals surface area contributed by atoms with Crippen molar-refractivity contribution in [2.45, 2.75) is 26.3 Å². The lowest BCUT2D eigenvalue weighted by molar-refractivity contribution is 0.228. The van der Waals surface area contributed by atoms with Crippen molar-refractivity contribution >= 4 is 0 Å². The second-order valence-electron chi connectivity index (χ2n) is 6.08. The van der Waals surface area contributed by atoms with Crippen LogP contribution in [0.25, 0.3) is 11.5 Å². The van der Waals surface area contributed by atoms with Crippen molar-refractivity contribution < 1.29 is 4.42 Å². The Labute approximate surface area is 142 Å². The molecule has 2 aromatic heterocycles. The van der Waals surface area contributed by atoms with Gasteiger partial charge in [-0.05, 0) is 57.1 Å². The molecule has 1 unspecified atom stereocenters. The van der Waals surface area contributed by atoms with Gasteiger partial charge in [0.15, 0.2) is 0 Å². The highest BCUT2D eigenvalue weighted by molar-refractivity contribution is 5.53. The van der Waals surface area contributed by atoms with Crippen molar-refractivity contribution in [3.63, 3.8) is 0 Å². The molecule has 3 aromatic rings. The van der Waals surface area contributed by atoms with Gasteiger partial charge in [-0.3, -0.25) is 9.88 Å². The van der Waals surface area contributed by atoms with E-state index in [1.165, 1.54) is 11.1 Å². The first-order chi connectivity index (χ1) is 11.6. The second kappa shape index (κ2) is 7.36. The van der Waals surface area contributed by atoms with Gasteiger partial charge in [-0.25, -0.2) is 0 Å². The molecule has 0 amide bonds. The molecule has 0 N–H and O–H groups in total. The lowest BCUT2D eigenvalue weighted by atomic mass is 10.1. The monoisotopic (exact) mass is 322 g/mol. The van der Waals surface area contributed by atoms with Crippen molar-refractivity contribution in [2.75, 3.05) is 13.6 Å². The van der Waals surface area contributed by atoms with E-state index in [-0.39, 0.29) is 6.04 Å². The third-order valence-corrected chi connectivity index (χ3v) is 4.23. The maximum atomic E-state index is 5.89. The standard InChI is InChI=1S/C19H22N4O/c1-14-5-4-6-17(13-14)19-22-21-18(24-19)15(2)23(3)12-9-16-7-10-20-11-8-16/h4-8,10-11,13,15H,9,12H2,1-3H3. The van der Waals surface area contributed by atoms with Gasteiger partial charge in [-0.1, -0.05) is 17.7 Å². The zero-order valence-corrected chi connectivity index (χ0v) is 14.3. The SMILES string of the molecule is Cc1cccc(-c2nnc(C(C)N(C)CCc3ccncc3)o2)c1. The average Bonchev–Trinajstić information content (AvgIpc) is 3.10. The fourth-order valence-electron chi connectivity index (χ4n) is 2.54. The molecule has 0 radical (unpaired) electrons. The van der Waals surface area contributed by atoms with Gasteiger partial charge < -0.3 is 4.42 Å². The smallest absolute Gasteiger partial charge is 0.247 e. The summed E-state index contributed by atoms with van der Waals surface area (Å²) in [4.78, 5) is 6.26. The Hall–Kier alpha value is -2.53. The van der Waals surface area contributed by atoms with Crippen LogP contribution < -0.4 is 0 Å².